The van der Waals surface area contributed by atoms with Crippen molar-refractivity contribution in [3.8, 4) is 0 Å². The number of hydrogen-bond donors (Lipinski definition) is 3. The number of amides is 2. The summed E-state index contributed by atoms with van der Waals surface area (Å²) in [5.74, 6) is -1.26. The summed E-state index contributed by atoms with van der Waals surface area (Å²) in [6.45, 7) is 7.91. The van der Waals surface area contributed by atoms with Crippen molar-refractivity contribution in [2.45, 2.75) is 69.9 Å². The molecule has 0 aromatic heterocycles. The molecule has 40 heavy (non-hydrogen) atoms. The van der Waals surface area contributed by atoms with E-state index in [0.29, 0.717) is 0 Å². The van der Waals surface area contributed by atoms with Crippen LogP contribution in [0.1, 0.15) is 49.0 Å². The van der Waals surface area contributed by atoms with E-state index in [2.05, 4.69) is 10.6 Å². The van der Waals surface area contributed by atoms with Crippen LogP contribution >= 0.6 is 0 Å². The van der Waals surface area contributed by atoms with E-state index in [9.17, 15) is 31.5 Å². The van der Waals surface area contributed by atoms with Gasteiger partial charge in [0, 0.05) is 22.2 Å². The molecule has 0 aliphatic carbocycles. The largest absolute Gasteiger partial charge is 0.390 e. The van der Waals surface area contributed by atoms with Crippen LogP contribution in [-0.2, 0) is 35.9 Å². The molecule has 3 N–H and O–H groups in total. The normalized spacial score (nSPS) is 17.5. The zero-order chi connectivity index (χ0) is 30.3. The van der Waals surface area contributed by atoms with Crippen molar-refractivity contribution in [2.75, 3.05) is 45.2 Å². The van der Waals surface area contributed by atoms with Crippen LogP contribution in [0.5, 0.6) is 0 Å². The second-order valence-electron chi connectivity index (χ2n) is 11.7. The predicted molar refractivity (Wildman–Crippen MR) is 160 cm³/mol. The highest BCUT2D eigenvalue weighted by molar-refractivity contribution is 7.92. The van der Waals surface area contributed by atoms with Gasteiger partial charge in [0.2, 0.25) is 21.8 Å². The molecule has 1 aliphatic rings. The van der Waals surface area contributed by atoms with Gasteiger partial charge >= 0.3 is 0 Å². The van der Waals surface area contributed by atoms with Crippen molar-refractivity contribution < 1.29 is 34.4 Å². The molecule has 232 valence electrons. The van der Waals surface area contributed by atoms with E-state index >= 15 is 0 Å². The number of sulfone groups is 1. The Morgan fingerprint density at radius 3 is 2.10 bits per heavy atom. The molecule has 11 nitrogen and oxygen atoms in total. The van der Waals surface area contributed by atoms with Crippen molar-refractivity contribution in [3.05, 3.63) is 35.9 Å². The van der Waals surface area contributed by atoms with Crippen LogP contribution in [0.2, 0.25) is 0 Å². The first-order valence-corrected chi connectivity index (χ1v) is 17.3. The maximum atomic E-state index is 13.7. The van der Waals surface area contributed by atoms with Gasteiger partial charge in [0.25, 0.3) is 0 Å². The highest BCUT2D eigenvalue weighted by Gasteiger charge is 2.45. The van der Waals surface area contributed by atoms with Crippen molar-refractivity contribution in [3.63, 3.8) is 0 Å². The van der Waals surface area contributed by atoms with E-state index < -0.39 is 54.6 Å². The standard InChI is InChI=1S/C27H46N4O7S2.2H2/c1-20(2)17-31(40(6,37)38)18-23(32)22(16-21-12-8-7-9-13-21)28-26(34)25(27(3,4)39(5,35)36)29-24(33)19-30-14-10-11-15-30;;/h7-9,12-13,20,22-23,25,32H,10-11,14-19H2,1-6H3,(H,28,34)(H,29,33);2*1H/t22-,23?,25?;;/m0../s1. The lowest BCUT2D eigenvalue weighted by molar-refractivity contribution is -0.131. The van der Waals surface area contributed by atoms with E-state index in [1.165, 1.54) is 18.2 Å². The van der Waals surface area contributed by atoms with E-state index in [4.69, 9.17) is 0 Å². The fourth-order valence-corrected chi connectivity index (χ4v) is 6.21. The molecule has 1 aromatic carbocycles. The van der Waals surface area contributed by atoms with E-state index in [1.54, 1.807) is 12.1 Å². The van der Waals surface area contributed by atoms with Crippen LogP contribution < -0.4 is 10.6 Å². The zero-order valence-corrected chi connectivity index (χ0v) is 26.1. The SMILES string of the molecule is CC(C)CN(CC(O)[C@H](Cc1ccccc1)NC(=O)C(NC(=O)CN1CCCC1)C(C)(C)S(C)(=O)=O)S(C)(=O)=O.[HH].[HH]. The van der Waals surface area contributed by atoms with Crippen LogP contribution in [-0.4, -0.2) is 111 Å². The number of aliphatic hydroxyl groups is 1. The molecule has 0 spiro atoms. The second-order valence-corrected chi connectivity index (χ2v) is 16.3. The van der Waals surface area contributed by atoms with Gasteiger partial charge < -0.3 is 15.7 Å². The lowest BCUT2D eigenvalue weighted by Gasteiger charge is -2.35. The minimum absolute atomic E-state index is 0. The summed E-state index contributed by atoms with van der Waals surface area (Å²) in [7, 11) is -7.48. The van der Waals surface area contributed by atoms with Gasteiger partial charge in [0.05, 0.1) is 29.7 Å². The molecule has 1 fully saturated rings. The number of hydrogen-bond acceptors (Lipinski definition) is 8. The molecule has 0 radical (unpaired) electrons. The summed E-state index contributed by atoms with van der Waals surface area (Å²) >= 11 is 0. The Morgan fingerprint density at radius 2 is 1.60 bits per heavy atom. The summed E-state index contributed by atoms with van der Waals surface area (Å²) in [6.07, 6.45) is 2.83. The molecule has 0 saturated carbocycles. The molecule has 2 rings (SSSR count). The first kappa shape index (κ1) is 34.1. The van der Waals surface area contributed by atoms with Crippen molar-refractivity contribution in [2.24, 2.45) is 5.92 Å². The van der Waals surface area contributed by atoms with Crippen LogP contribution in [0.3, 0.4) is 0 Å². The number of carbonyl (C=O) groups is 2. The molecule has 1 aromatic rings. The molecule has 2 amide bonds. The predicted octanol–water partition coefficient (Wildman–Crippen LogP) is 0.888. The summed E-state index contributed by atoms with van der Waals surface area (Å²) in [5, 5.41) is 16.6. The fraction of sp³-hybridized carbons (Fsp3) is 0.704. The van der Waals surface area contributed by atoms with Gasteiger partial charge in [-0.05, 0) is 57.7 Å². The molecule has 0 bridgehead atoms. The molecule has 13 heteroatoms. The number of aliphatic hydroxyl groups excluding tert-OH is 1. The third-order valence-electron chi connectivity index (χ3n) is 7.30. The molecule has 1 heterocycles. The summed E-state index contributed by atoms with van der Waals surface area (Å²) in [6, 6.07) is 6.62. The topological polar surface area (TPSA) is 153 Å². The molecule has 1 saturated heterocycles. The lowest BCUT2D eigenvalue weighted by Crippen LogP contribution is -2.64. The maximum Gasteiger partial charge on any atom is 0.244 e. The molecular weight excluding hydrogens is 556 g/mol. The van der Waals surface area contributed by atoms with Crippen LogP contribution in [0.15, 0.2) is 30.3 Å². The van der Waals surface area contributed by atoms with Gasteiger partial charge in [-0.25, -0.2) is 16.8 Å². The van der Waals surface area contributed by atoms with Gasteiger partial charge in [0.1, 0.15) is 6.04 Å². The van der Waals surface area contributed by atoms with Gasteiger partial charge in [-0.15, -0.1) is 0 Å². The van der Waals surface area contributed by atoms with Crippen molar-refractivity contribution in [1.82, 2.24) is 19.8 Å². The minimum Gasteiger partial charge on any atom is -0.390 e. The van der Waals surface area contributed by atoms with Crippen LogP contribution in [0, 0.1) is 5.92 Å². The van der Waals surface area contributed by atoms with Crippen LogP contribution in [0.4, 0.5) is 0 Å². The highest BCUT2D eigenvalue weighted by Crippen LogP contribution is 2.22. The van der Waals surface area contributed by atoms with Gasteiger partial charge in [0.15, 0.2) is 9.84 Å². The Morgan fingerprint density at radius 1 is 1.02 bits per heavy atom. The smallest absolute Gasteiger partial charge is 0.244 e. The number of nitrogens with zero attached hydrogens (tertiary/aromatic N) is 2. The summed E-state index contributed by atoms with van der Waals surface area (Å²) in [4.78, 5) is 28.6. The first-order valence-electron chi connectivity index (χ1n) is 13.6. The highest BCUT2D eigenvalue weighted by atomic mass is 32.2. The van der Waals surface area contributed by atoms with Gasteiger partial charge in [-0.3, -0.25) is 14.5 Å². The molecule has 2 unspecified atom stereocenters. The number of sulfonamides is 1. The Hall–Kier alpha value is -2.06. The minimum atomic E-state index is -3.83. The number of rotatable bonds is 15. The number of carbonyl (C=O) groups excluding carboxylic acids is 2. The van der Waals surface area contributed by atoms with Crippen molar-refractivity contribution >= 4 is 31.7 Å². The quantitative estimate of drug-likeness (QED) is 0.266. The molecular formula is C27H50N4O7S2. The Labute approximate surface area is 242 Å². The number of nitrogens with one attached hydrogen (secondary N) is 2. The Kier molecular flexibility index (Phi) is 12.1. The third-order valence-corrected chi connectivity index (χ3v) is 10.7. The maximum absolute atomic E-state index is 13.7. The molecule has 1 aliphatic heterocycles. The van der Waals surface area contributed by atoms with Crippen molar-refractivity contribution in [1.29, 1.82) is 0 Å². The monoisotopic (exact) mass is 606 g/mol. The number of likely N-dealkylation sites (tertiary alicyclic amines) is 1. The third kappa shape index (κ3) is 10.1. The van der Waals surface area contributed by atoms with E-state index in [1.807, 2.05) is 36.9 Å². The van der Waals surface area contributed by atoms with Gasteiger partial charge in [-0.1, -0.05) is 44.2 Å². The van der Waals surface area contributed by atoms with E-state index in [-0.39, 0.29) is 34.8 Å². The first-order chi connectivity index (χ1) is 18.4. The Balaban J connectivity index is 0.00000840. The summed E-state index contributed by atoms with van der Waals surface area (Å²) in [5.41, 5.74) is 0.776. The average molecular weight is 607 g/mol. The Bertz CT molecular complexity index is 1210. The average Bonchev–Trinajstić information content (AvgIpc) is 3.33. The summed E-state index contributed by atoms with van der Waals surface area (Å²) < 4.78 is 49.8. The van der Waals surface area contributed by atoms with E-state index in [0.717, 1.165) is 44.0 Å². The van der Waals surface area contributed by atoms with Crippen LogP contribution in [0.25, 0.3) is 0 Å². The van der Waals surface area contributed by atoms with Gasteiger partial charge in [-0.2, -0.15) is 4.31 Å². The second kappa shape index (κ2) is 14.2. The fourth-order valence-electron chi connectivity index (χ4n) is 4.63. The zero-order valence-electron chi connectivity index (χ0n) is 24.5. The molecule has 3 atom stereocenters. The number of benzene rings is 1. The lowest BCUT2D eigenvalue weighted by atomic mass is 9.98.